The molecule has 1 aromatic carbocycles. The Hall–Kier alpha value is -2.76. The van der Waals surface area contributed by atoms with Gasteiger partial charge in [0.2, 0.25) is 5.95 Å². The second kappa shape index (κ2) is 4.97. The number of hydrogen-bond donors (Lipinski definition) is 1. The predicted molar refractivity (Wildman–Crippen MR) is 72.6 cm³/mol. The summed E-state index contributed by atoms with van der Waals surface area (Å²) in [6.07, 6.45) is 0.229. The highest BCUT2D eigenvalue weighted by Gasteiger charge is 2.39. The Kier molecular flexibility index (Phi) is 3.13. The molecule has 0 radical (unpaired) electrons. The van der Waals surface area contributed by atoms with Gasteiger partial charge in [-0.15, -0.1) is 0 Å². The number of para-hydroxylation sites is 1. The molecule has 1 unspecified atom stereocenters. The van der Waals surface area contributed by atoms with Gasteiger partial charge >= 0.3 is 5.97 Å². The third-order valence-electron chi connectivity index (χ3n) is 3.41. The van der Waals surface area contributed by atoms with Crippen molar-refractivity contribution in [2.75, 3.05) is 4.90 Å². The molecule has 21 heavy (non-hydrogen) atoms. The highest BCUT2D eigenvalue weighted by Crippen LogP contribution is 2.33. The van der Waals surface area contributed by atoms with E-state index in [-0.39, 0.29) is 12.1 Å². The standard InChI is InChI=1S/C15H11FN2O3/c16-13-7-3-5-10(17-13)14(19)18-11-6-2-1-4-9(11)8-12(18)15(20)21/h1-7,12H,8H2,(H,20,21). The fraction of sp³-hybridized carbons (Fsp3) is 0.133. The van der Waals surface area contributed by atoms with Crippen LogP contribution in [0, 0.1) is 5.95 Å². The van der Waals surface area contributed by atoms with Crippen molar-refractivity contribution >= 4 is 17.6 Å². The number of halogens is 1. The first-order valence-corrected chi connectivity index (χ1v) is 6.35. The molecule has 1 aromatic heterocycles. The van der Waals surface area contributed by atoms with Crippen LogP contribution in [0.4, 0.5) is 10.1 Å². The highest BCUT2D eigenvalue weighted by atomic mass is 19.1. The SMILES string of the molecule is O=C(O)C1Cc2ccccc2N1C(=O)c1cccc(F)n1. The monoisotopic (exact) mass is 286 g/mol. The molecule has 0 fully saturated rings. The van der Waals surface area contributed by atoms with E-state index in [2.05, 4.69) is 4.98 Å². The topological polar surface area (TPSA) is 70.5 Å². The van der Waals surface area contributed by atoms with E-state index in [0.717, 1.165) is 11.6 Å². The largest absolute Gasteiger partial charge is 0.480 e. The van der Waals surface area contributed by atoms with E-state index in [1.165, 1.54) is 17.0 Å². The third-order valence-corrected chi connectivity index (χ3v) is 3.41. The minimum absolute atomic E-state index is 0.113. The predicted octanol–water partition coefficient (Wildman–Crippen LogP) is 1.88. The Labute approximate surface area is 119 Å². The number of rotatable bonds is 2. The summed E-state index contributed by atoms with van der Waals surface area (Å²) in [5, 5.41) is 9.32. The summed E-state index contributed by atoms with van der Waals surface area (Å²) in [5.41, 5.74) is 1.19. The first-order valence-electron chi connectivity index (χ1n) is 6.35. The molecular weight excluding hydrogens is 275 g/mol. The van der Waals surface area contributed by atoms with E-state index in [0.29, 0.717) is 5.69 Å². The van der Waals surface area contributed by atoms with Crippen LogP contribution < -0.4 is 4.90 Å². The van der Waals surface area contributed by atoms with Gasteiger partial charge in [-0.3, -0.25) is 9.69 Å². The van der Waals surface area contributed by atoms with Gasteiger partial charge in [-0.05, 0) is 23.8 Å². The van der Waals surface area contributed by atoms with Crippen LogP contribution in [-0.4, -0.2) is 28.0 Å². The normalized spacial score (nSPS) is 16.6. The molecule has 1 N–H and O–H groups in total. The van der Waals surface area contributed by atoms with Crippen LogP contribution in [0.25, 0.3) is 0 Å². The number of carboxylic acids is 1. The maximum atomic E-state index is 13.2. The van der Waals surface area contributed by atoms with Gasteiger partial charge < -0.3 is 5.11 Å². The Balaban J connectivity index is 2.05. The maximum Gasteiger partial charge on any atom is 0.327 e. The highest BCUT2D eigenvalue weighted by molar-refractivity contribution is 6.09. The quantitative estimate of drug-likeness (QED) is 0.856. The van der Waals surface area contributed by atoms with Crippen LogP contribution in [0.2, 0.25) is 0 Å². The lowest BCUT2D eigenvalue weighted by atomic mass is 10.1. The Morgan fingerprint density at radius 1 is 1.19 bits per heavy atom. The van der Waals surface area contributed by atoms with Crippen molar-refractivity contribution in [3.8, 4) is 0 Å². The lowest BCUT2D eigenvalue weighted by Gasteiger charge is -2.22. The number of benzene rings is 1. The van der Waals surface area contributed by atoms with E-state index in [4.69, 9.17) is 0 Å². The molecule has 2 aromatic rings. The van der Waals surface area contributed by atoms with E-state index in [9.17, 15) is 19.1 Å². The molecule has 5 nitrogen and oxygen atoms in total. The number of nitrogens with zero attached hydrogens (tertiary/aromatic N) is 2. The van der Waals surface area contributed by atoms with Crippen LogP contribution in [0.15, 0.2) is 42.5 Å². The number of amides is 1. The molecular formula is C15H11FN2O3. The number of carbonyl (C=O) groups excluding carboxylic acids is 1. The van der Waals surface area contributed by atoms with Crippen LogP contribution in [0.3, 0.4) is 0 Å². The summed E-state index contributed by atoms with van der Waals surface area (Å²) in [6.45, 7) is 0. The lowest BCUT2D eigenvalue weighted by Crippen LogP contribution is -2.43. The summed E-state index contributed by atoms with van der Waals surface area (Å²) in [7, 11) is 0. The number of aromatic nitrogens is 1. The number of hydrogen-bond acceptors (Lipinski definition) is 3. The average Bonchev–Trinajstić information content (AvgIpc) is 2.86. The fourth-order valence-electron chi connectivity index (χ4n) is 2.49. The molecule has 1 aliphatic heterocycles. The number of carbonyl (C=O) groups is 2. The van der Waals surface area contributed by atoms with Crippen LogP contribution in [0.1, 0.15) is 16.1 Å². The van der Waals surface area contributed by atoms with E-state index >= 15 is 0 Å². The van der Waals surface area contributed by atoms with Crippen LogP contribution >= 0.6 is 0 Å². The van der Waals surface area contributed by atoms with Crippen molar-refractivity contribution in [1.29, 1.82) is 0 Å². The van der Waals surface area contributed by atoms with Crippen molar-refractivity contribution in [1.82, 2.24) is 4.98 Å². The average molecular weight is 286 g/mol. The van der Waals surface area contributed by atoms with Crippen LogP contribution in [0.5, 0.6) is 0 Å². The molecule has 1 atom stereocenters. The second-order valence-electron chi connectivity index (χ2n) is 4.71. The Bertz CT molecular complexity index is 732. The van der Waals surface area contributed by atoms with E-state index in [1.54, 1.807) is 24.3 Å². The maximum absolute atomic E-state index is 13.2. The lowest BCUT2D eigenvalue weighted by molar-refractivity contribution is -0.138. The zero-order chi connectivity index (χ0) is 15.0. The minimum atomic E-state index is -1.10. The van der Waals surface area contributed by atoms with Gasteiger partial charge in [0.15, 0.2) is 0 Å². The van der Waals surface area contributed by atoms with Crippen molar-refractivity contribution in [2.45, 2.75) is 12.5 Å². The van der Waals surface area contributed by atoms with Crippen LogP contribution in [-0.2, 0) is 11.2 Å². The van der Waals surface area contributed by atoms with Crippen molar-refractivity contribution in [3.05, 3.63) is 59.7 Å². The molecule has 106 valence electrons. The molecule has 0 saturated heterocycles. The molecule has 3 rings (SSSR count). The molecule has 1 amide bonds. The first-order chi connectivity index (χ1) is 10.1. The molecule has 1 aliphatic rings. The van der Waals surface area contributed by atoms with Crippen molar-refractivity contribution in [2.24, 2.45) is 0 Å². The van der Waals surface area contributed by atoms with Gasteiger partial charge in [0, 0.05) is 12.1 Å². The Morgan fingerprint density at radius 2 is 1.95 bits per heavy atom. The van der Waals surface area contributed by atoms with Gasteiger partial charge in [-0.1, -0.05) is 24.3 Å². The fourth-order valence-corrected chi connectivity index (χ4v) is 2.49. The summed E-state index contributed by atoms with van der Waals surface area (Å²) < 4.78 is 13.2. The summed E-state index contributed by atoms with van der Waals surface area (Å²) >= 11 is 0. The molecule has 0 saturated carbocycles. The number of anilines is 1. The van der Waals surface area contributed by atoms with Gasteiger partial charge in [0.05, 0.1) is 0 Å². The molecule has 2 heterocycles. The molecule has 0 aliphatic carbocycles. The summed E-state index contributed by atoms with van der Waals surface area (Å²) in [6, 6.07) is 9.82. The number of fused-ring (bicyclic) bond motifs is 1. The van der Waals surface area contributed by atoms with E-state index in [1.807, 2.05) is 0 Å². The van der Waals surface area contributed by atoms with Gasteiger partial charge in [-0.25, -0.2) is 9.78 Å². The molecule has 0 bridgehead atoms. The number of pyridine rings is 1. The number of carboxylic acid groups (broad SMARTS) is 1. The number of aliphatic carboxylic acids is 1. The van der Waals surface area contributed by atoms with Crippen molar-refractivity contribution in [3.63, 3.8) is 0 Å². The van der Waals surface area contributed by atoms with E-state index < -0.39 is 23.9 Å². The zero-order valence-electron chi connectivity index (χ0n) is 10.9. The second-order valence-corrected chi connectivity index (χ2v) is 4.71. The van der Waals surface area contributed by atoms with Gasteiger partial charge in [-0.2, -0.15) is 4.39 Å². The third kappa shape index (κ3) is 2.24. The van der Waals surface area contributed by atoms with Gasteiger partial charge in [0.1, 0.15) is 11.7 Å². The first kappa shape index (κ1) is 13.2. The van der Waals surface area contributed by atoms with Crippen molar-refractivity contribution < 1.29 is 19.1 Å². The minimum Gasteiger partial charge on any atom is -0.480 e. The summed E-state index contributed by atoms with van der Waals surface area (Å²) in [5.74, 6) is -2.50. The van der Waals surface area contributed by atoms with Gasteiger partial charge in [0.25, 0.3) is 5.91 Å². The zero-order valence-corrected chi connectivity index (χ0v) is 10.9. The summed E-state index contributed by atoms with van der Waals surface area (Å²) in [4.78, 5) is 28.6. The Morgan fingerprint density at radius 3 is 2.67 bits per heavy atom. The smallest absolute Gasteiger partial charge is 0.327 e. The molecule has 0 spiro atoms. The molecule has 6 heteroatoms.